The number of carbonyl (C=O) groups is 1. The first kappa shape index (κ1) is 12.6. The van der Waals surface area contributed by atoms with E-state index < -0.39 is 0 Å². The molecule has 4 heteroatoms. The van der Waals surface area contributed by atoms with E-state index in [1.807, 2.05) is 11.8 Å². The summed E-state index contributed by atoms with van der Waals surface area (Å²) in [7, 11) is 0. The van der Waals surface area contributed by atoms with E-state index in [1.54, 1.807) is 6.07 Å². The maximum absolute atomic E-state index is 13.2. The summed E-state index contributed by atoms with van der Waals surface area (Å²) in [6.45, 7) is 4.92. The predicted octanol–water partition coefficient (Wildman–Crippen LogP) is 3.46. The summed E-state index contributed by atoms with van der Waals surface area (Å²) < 4.78 is 13.8. The molecule has 1 aliphatic rings. The van der Waals surface area contributed by atoms with E-state index in [1.165, 1.54) is 12.1 Å². The average Bonchev–Trinajstić information content (AvgIpc) is 2.60. The molecule has 0 aromatic heterocycles. The minimum absolute atomic E-state index is 0.0896. The van der Waals surface area contributed by atoms with E-state index in [0.717, 1.165) is 13.0 Å². The highest BCUT2D eigenvalue weighted by molar-refractivity contribution is 9.10. The first-order chi connectivity index (χ1) is 7.99. The molecule has 2 rings (SSSR count). The van der Waals surface area contributed by atoms with Crippen molar-refractivity contribution in [2.45, 2.75) is 26.3 Å². The Morgan fingerprint density at radius 2 is 2.18 bits per heavy atom. The molecule has 1 heterocycles. The maximum Gasteiger partial charge on any atom is 0.255 e. The normalized spacial score (nSPS) is 24.1. The number of halogens is 2. The van der Waals surface area contributed by atoms with Gasteiger partial charge in [0.05, 0.1) is 5.56 Å². The van der Waals surface area contributed by atoms with Gasteiger partial charge in [-0.05, 0) is 53.4 Å². The second kappa shape index (κ2) is 4.77. The van der Waals surface area contributed by atoms with Gasteiger partial charge in [0, 0.05) is 17.1 Å². The molecule has 17 heavy (non-hydrogen) atoms. The Balaban J connectivity index is 2.28. The number of benzene rings is 1. The van der Waals surface area contributed by atoms with Crippen LogP contribution in [-0.2, 0) is 0 Å². The van der Waals surface area contributed by atoms with Crippen LogP contribution in [0.25, 0.3) is 0 Å². The molecule has 2 atom stereocenters. The first-order valence-corrected chi connectivity index (χ1v) is 6.54. The number of carbonyl (C=O) groups excluding carboxylic acids is 1. The van der Waals surface area contributed by atoms with E-state index in [-0.39, 0.29) is 17.8 Å². The summed E-state index contributed by atoms with van der Waals surface area (Å²) >= 11 is 3.30. The minimum Gasteiger partial charge on any atom is -0.336 e. The lowest BCUT2D eigenvalue weighted by atomic mass is 10.1. The molecule has 1 aromatic rings. The van der Waals surface area contributed by atoms with Crippen LogP contribution in [0.5, 0.6) is 0 Å². The van der Waals surface area contributed by atoms with Gasteiger partial charge in [-0.1, -0.05) is 6.92 Å². The molecular weight excluding hydrogens is 285 g/mol. The standard InChI is InChI=1S/C13H15BrFNO/c1-8-5-9(2)16(7-8)13(17)11-6-10(15)3-4-12(11)14/h3-4,6,8-9H,5,7H2,1-2H3. The monoisotopic (exact) mass is 299 g/mol. The summed E-state index contributed by atoms with van der Waals surface area (Å²) in [5.41, 5.74) is 0.408. The molecule has 0 spiro atoms. The van der Waals surface area contributed by atoms with Crippen molar-refractivity contribution in [2.75, 3.05) is 6.54 Å². The summed E-state index contributed by atoms with van der Waals surface area (Å²) in [4.78, 5) is 14.1. The van der Waals surface area contributed by atoms with Crippen molar-refractivity contribution in [3.8, 4) is 0 Å². The van der Waals surface area contributed by atoms with Crippen molar-refractivity contribution >= 4 is 21.8 Å². The molecule has 1 fully saturated rings. The van der Waals surface area contributed by atoms with Crippen LogP contribution in [0.1, 0.15) is 30.6 Å². The summed E-state index contributed by atoms with van der Waals surface area (Å²) in [6.07, 6.45) is 1.01. The predicted molar refractivity (Wildman–Crippen MR) is 68.4 cm³/mol. The Labute approximate surface area is 109 Å². The van der Waals surface area contributed by atoms with E-state index >= 15 is 0 Å². The van der Waals surface area contributed by atoms with Crippen LogP contribution < -0.4 is 0 Å². The van der Waals surface area contributed by atoms with Crippen LogP contribution in [0.4, 0.5) is 4.39 Å². The third-order valence-electron chi connectivity index (χ3n) is 3.20. The van der Waals surface area contributed by atoms with Crippen LogP contribution in [0, 0.1) is 11.7 Å². The van der Waals surface area contributed by atoms with E-state index in [9.17, 15) is 9.18 Å². The second-order valence-electron chi connectivity index (χ2n) is 4.77. The third kappa shape index (κ3) is 2.51. The van der Waals surface area contributed by atoms with Crippen LogP contribution in [0.2, 0.25) is 0 Å². The lowest BCUT2D eigenvalue weighted by Crippen LogP contribution is -2.34. The van der Waals surface area contributed by atoms with E-state index in [4.69, 9.17) is 0 Å². The van der Waals surface area contributed by atoms with E-state index in [2.05, 4.69) is 22.9 Å². The number of hydrogen-bond acceptors (Lipinski definition) is 1. The fourth-order valence-corrected chi connectivity index (χ4v) is 2.82. The van der Waals surface area contributed by atoms with Gasteiger partial charge >= 0.3 is 0 Å². The fourth-order valence-electron chi connectivity index (χ4n) is 2.40. The third-order valence-corrected chi connectivity index (χ3v) is 3.90. The van der Waals surface area contributed by atoms with Gasteiger partial charge in [-0.25, -0.2) is 4.39 Å². The summed E-state index contributed by atoms with van der Waals surface area (Å²) in [6, 6.07) is 4.44. The Bertz CT molecular complexity index is 449. The Morgan fingerprint density at radius 3 is 2.76 bits per heavy atom. The first-order valence-electron chi connectivity index (χ1n) is 5.75. The Kier molecular flexibility index (Phi) is 3.52. The quantitative estimate of drug-likeness (QED) is 0.778. The van der Waals surface area contributed by atoms with Gasteiger partial charge in [-0.3, -0.25) is 4.79 Å². The molecule has 1 saturated heterocycles. The maximum atomic E-state index is 13.2. The van der Waals surface area contributed by atoms with Gasteiger partial charge in [0.1, 0.15) is 5.82 Å². The number of amides is 1. The van der Waals surface area contributed by atoms with Crippen LogP contribution in [-0.4, -0.2) is 23.4 Å². The Hall–Kier alpha value is -0.900. The number of nitrogens with zero attached hydrogens (tertiary/aromatic N) is 1. The molecule has 0 radical (unpaired) electrons. The largest absolute Gasteiger partial charge is 0.336 e. The van der Waals surface area contributed by atoms with Crippen LogP contribution >= 0.6 is 15.9 Å². The lowest BCUT2D eigenvalue weighted by molar-refractivity contribution is 0.0742. The molecule has 1 aromatic carbocycles. The molecule has 0 N–H and O–H groups in total. The van der Waals surface area contributed by atoms with Crippen LogP contribution in [0.15, 0.2) is 22.7 Å². The summed E-state index contributed by atoms with van der Waals surface area (Å²) in [5, 5.41) is 0. The second-order valence-corrected chi connectivity index (χ2v) is 5.63. The van der Waals surface area contributed by atoms with E-state index in [0.29, 0.717) is 16.0 Å². The molecular formula is C13H15BrFNO. The topological polar surface area (TPSA) is 20.3 Å². The lowest BCUT2D eigenvalue weighted by Gasteiger charge is -2.22. The molecule has 2 nitrogen and oxygen atoms in total. The van der Waals surface area contributed by atoms with Gasteiger partial charge in [0.25, 0.3) is 5.91 Å². The molecule has 0 saturated carbocycles. The number of likely N-dealkylation sites (tertiary alicyclic amines) is 1. The molecule has 0 aliphatic carbocycles. The fraction of sp³-hybridized carbons (Fsp3) is 0.462. The minimum atomic E-state index is -0.378. The van der Waals surface area contributed by atoms with Crippen LogP contribution in [0.3, 0.4) is 0 Å². The summed E-state index contributed by atoms with van der Waals surface area (Å²) in [5.74, 6) is 0.0472. The highest BCUT2D eigenvalue weighted by Gasteiger charge is 2.31. The smallest absolute Gasteiger partial charge is 0.255 e. The SMILES string of the molecule is CC1CC(C)N(C(=O)c2cc(F)ccc2Br)C1. The molecule has 92 valence electrons. The zero-order valence-electron chi connectivity index (χ0n) is 9.91. The van der Waals surface area contributed by atoms with Crippen molar-refractivity contribution in [3.05, 3.63) is 34.1 Å². The zero-order valence-corrected chi connectivity index (χ0v) is 11.5. The molecule has 1 aliphatic heterocycles. The highest BCUT2D eigenvalue weighted by atomic mass is 79.9. The van der Waals surface area contributed by atoms with Gasteiger partial charge in [-0.2, -0.15) is 0 Å². The average molecular weight is 300 g/mol. The van der Waals surface area contributed by atoms with Crippen molar-refractivity contribution in [3.63, 3.8) is 0 Å². The van der Waals surface area contributed by atoms with Gasteiger partial charge < -0.3 is 4.90 Å². The number of hydrogen-bond donors (Lipinski definition) is 0. The van der Waals surface area contributed by atoms with Crippen molar-refractivity contribution < 1.29 is 9.18 Å². The molecule has 2 unspecified atom stereocenters. The van der Waals surface area contributed by atoms with Crippen molar-refractivity contribution in [1.82, 2.24) is 4.90 Å². The van der Waals surface area contributed by atoms with Gasteiger partial charge in [0.15, 0.2) is 0 Å². The van der Waals surface area contributed by atoms with Crippen molar-refractivity contribution in [1.29, 1.82) is 0 Å². The molecule has 1 amide bonds. The Morgan fingerprint density at radius 1 is 1.47 bits per heavy atom. The zero-order chi connectivity index (χ0) is 12.6. The highest BCUT2D eigenvalue weighted by Crippen LogP contribution is 2.27. The van der Waals surface area contributed by atoms with Gasteiger partial charge in [0.2, 0.25) is 0 Å². The van der Waals surface area contributed by atoms with Crippen molar-refractivity contribution in [2.24, 2.45) is 5.92 Å². The van der Waals surface area contributed by atoms with Gasteiger partial charge in [-0.15, -0.1) is 0 Å². The molecule has 0 bridgehead atoms. The number of rotatable bonds is 1.